The second-order valence-corrected chi connectivity index (χ2v) is 7.91. The molecular formula is C21H20ClF2N3O3S. The molecular weight excluding hydrogens is 448 g/mol. The van der Waals surface area contributed by atoms with Gasteiger partial charge in [0.25, 0.3) is 5.56 Å². The Balaban J connectivity index is 1.80. The highest BCUT2D eigenvalue weighted by atomic mass is 35.5. The highest BCUT2D eigenvalue weighted by Gasteiger charge is 2.14. The van der Waals surface area contributed by atoms with E-state index >= 15 is 0 Å². The van der Waals surface area contributed by atoms with Crippen LogP contribution in [0, 0.1) is 11.6 Å². The topological polar surface area (TPSA) is 73.2 Å². The summed E-state index contributed by atoms with van der Waals surface area (Å²) in [6.45, 7) is 3.33. The summed E-state index contributed by atoms with van der Waals surface area (Å²) < 4.78 is 33.2. The van der Waals surface area contributed by atoms with E-state index in [-0.39, 0.29) is 17.0 Å². The minimum Gasteiger partial charge on any atom is -0.382 e. The van der Waals surface area contributed by atoms with E-state index in [1.54, 1.807) is 18.2 Å². The SMILES string of the molecule is CCOCCCn1c(SCC(=O)Nc2ccc(F)c(F)c2)nc2cc(Cl)ccc2c1=O. The number of amides is 1. The predicted octanol–water partition coefficient (Wildman–Crippen LogP) is 4.49. The number of carbonyl (C=O) groups is 1. The van der Waals surface area contributed by atoms with Crippen LogP contribution in [0.4, 0.5) is 14.5 Å². The van der Waals surface area contributed by atoms with Crippen LogP contribution in [0.1, 0.15) is 13.3 Å². The fourth-order valence-electron chi connectivity index (χ4n) is 2.85. The number of aromatic nitrogens is 2. The molecule has 1 heterocycles. The van der Waals surface area contributed by atoms with Gasteiger partial charge in [0, 0.05) is 36.5 Å². The van der Waals surface area contributed by atoms with Crippen LogP contribution in [0.25, 0.3) is 10.9 Å². The van der Waals surface area contributed by atoms with Crippen molar-refractivity contribution in [2.75, 3.05) is 24.3 Å². The number of benzene rings is 2. The maximum Gasteiger partial charge on any atom is 0.262 e. The van der Waals surface area contributed by atoms with Gasteiger partial charge in [0.2, 0.25) is 5.91 Å². The Morgan fingerprint density at radius 2 is 2.03 bits per heavy atom. The summed E-state index contributed by atoms with van der Waals surface area (Å²) in [5, 5.41) is 3.73. The maximum atomic E-state index is 13.3. The number of hydrogen-bond acceptors (Lipinski definition) is 5. The van der Waals surface area contributed by atoms with Gasteiger partial charge in [-0.2, -0.15) is 0 Å². The number of fused-ring (bicyclic) bond motifs is 1. The molecule has 164 valence electrons. The molecule has 10 heteroatoms. The summed E-state index contributed by atoms with van der Waals surface area (Å²) in [6.07, 6.45) is 0.600. The van der Waals surface area contributed by atoms with Crippen molar-refractivity contribution in [3.8, 4) is 0 Å². The Kier molecular flexibility index (Phi) is 8.00. The molecule has 1 amide bonds. The van der Waals surface area contributed by atoms with Gasteiger partial charge in [-0.15, -0.1) is 0 Å². The first-order valence-electron chi connectivity index (χ1n) is 9.54. The van der Waals surface area contributed by atoms with Crippen LogP contribution in [-0.2, 0) is 16.1 Å². The van der Waals surface area contributed by atoms with E-state index in [0.717, 1.165) is 23.9 Å². The lowest BCUT2D eigenvalue weighted by molar-refractivity contribution is -0.113. The minimum absolute atomic E-state index is 0.0804. The van der Waals surface area contributed by atoms with Gasteiger partial charge in [0.05, 0.1) is 16.7 Å². The summed E-state index contributed by atoms with van der Waals surface area (Å²) >= 11 is 7.10. The standard InChI is InChI=1S/C21H20ClF2N3O3S/c1-2-30-9-3-8-27-20(29)15-6-4-13(22)10-18(15)26-21(27)31-12-19(28)25-14-5-7-16(23)17(24)11-14/h4-7,10-11H,2-3,8-9,12H2,1H3,(H,25,28). The highest BCUT2D eigenvalue weighted by molar-refractivity contribution is 7.99. The van der Waals surface area contributed by atoms with Crippen LogP contribution in [0.5, 0.6) is 0 Å². The number of nitrogens with one attached hydrogen (secondary N) is 1. The van der Waals surface area contributed by atoms with Gasteiger partial charge in [-0.3, -0.25) is 14.2 Å². The second kappa shape index (κ2) is 10.7. The average Bonchev–Trinajstić information content (AvgIpc) is 2.73. The van der Waals surface area contributed by atoms with Crippen molar-refractivity contribution < 1.29 is 18.3 Å². The first-order valence-corrected chi connectivity index (χ1v) is 10.9. The molecule has 0 fully saturated rings. The molecule has 0 aliphatic heterocycles. The molecule has 0 aliphatic rings. The number of hydrogen-bond donors (Lipinski definition) is 1. The Hall–Kier alpha value is -2.49. The third-order valence-electron chi connectivity index (χ3n) is 4.29. The van der Waals surface area contributed by atoms with Crippen LogP contribution in [-0.4, -0.2) is 34.4 Å². The van der Waals surface area contributed by atoms with Crippen molar-refractivity contribution in [2.45, 2.75) is 25.0 Å². The Morgan fingerprint density at radius 1 is 1.23 bits per heavy atom. The molecule has 0 aliphatic carbocycles. The molecule has 0 unspecified atom stereocenters. The van der Waals surface area contributed by atoms with Gasteiger partial charge in [0.15, 0.2) is 16.8 Å². The molecule has 3 aromatic rings. The molecule has 3 rings (SSSR count). The molecule has 0 saturated heterocycles. The quantitative estimate of drug-likeness (QED) is 0.285. The molecule has 2 aromatic carbocycles. The van der Waals surface area contributed by atoms with Gasteiger partial charge in [-0.05, 0) is 43.7 Å². The number of anilines is 1. The summed E-state index contributed by atoms with van der Waals surface area (Å²) in [4.78, 5) is 29.8. The lowest BCUT2D eigenvalue weighted by Crippen LogP contribution is -2.25. The van der Waals surface area contributed by atoms with Crippen LogP contribution < -0.4 is 10.9 Å². The Bertz CT molecular complexity index is 1160. The Labute approximate surface area is 186 Å². The number of nitrogens with zero attached hydrogens (tertiary/aromatic N) is 2. The second-order valence-electron chi connectivity index (χ2n) is 6.53. The fraction of sp³-hybridized carbons (Fsp3) is 0.286. The molecule has 6 nitrogen and oxygen atoms in total. The van der Waals surface area contributed by atoms with Crippen LogP contribution in [0.3, 0.4) is 0 Å². The third kappa shape index (κ3) is 6.03. The van der Waals surface area contributed by atoms with Gasteiger partial charge in [-0.1, -0.05) is 23.4 Å². The maximum absolute atomic E-state index is 13.3. The van der Waals surface area contributed by atoms with Gasteiger partial charge >= 0.3 is 0 Å². The number of thioether (sulfide) groups is 1. The summed E-state index contributed by atoms with van der Waals surface area (Å²) in [5.41, 5.74) is 0.334. The van der Waals surface area contributed by atoms with Crippen LogP contribution >= 0.6 is 23.4 Å². The summed E-state index contributed by atoms with van der Waals surface area (Å²) in [7, 11) is 0. The number of ether oxygens (including phenoxy) is 1. The zero-order chi connectivity index (χ0) is 22.4. The molecule has 0 atom stereocenters. The fourth-order valence-corrected chi connectivity index (χ4v) is 3.84. The predicted molar refractivity (Wildman–Crippen MR) is 118 cm³/mol. The number of rotatable bonds is 9. The molecule has 1 aromatic heterocycles. The van der Waals surface area contributed by atoms with E-state index in [2.05, 4.69) is 10.3 Å². The summed E-state index contributed by atoms with van der Waals surface area (Å²) in [5.74, 6) is -2.58. The molecule has 0 bridgehead atoms. The van der Waals surface area contributed by atoms with Crippen LogP contribution in [0.15, 0.2) is 46.3 Å². The first-order chi connectivity index (χ1) is 14.9. The average molecular weight is 468 g/mol. The Morgan fingerprint density at radius 3 is 2.77 bits per heavy atom. The van der Waals surface area contributed by atoms with Crippen molar-refractivity contribution in [2.24, 2.45) is 0 Å². The van der Waals surface area contributed by atoms with Gasteiger partial charge < -0.3 is 10.1 Å². The summed E-state index contributed by atoms with van der Waals surface area (Å²) in [6, 6.07) is 7.94. The highest BCUT2D eigenvalue weighted by Crippen LogP contribution is 2.21. The van der Waals surface area contributed by atoms with Gasteiger partial charge in [0.1, 0.15) is 0 Å². The van der Waals surface area contributed by atoms with Crippen molar-refractivity contribution in [3.63, 3.8) is 0 Å². The van der Waals surface area contributed by atoms with Crippen molar-refractivity contribution >= 4 is 45.9 Å². The monoisotopic (exact) mass is 467 g/mol. The normalized spacial score (nSPS) is 11.1. The van der Waals surface area contributed by atoms with E-state index in [4.69, 9.17) is 16.3 Å². The van der Waals surface area contributed by atoms with Crippen molar-refractivity contribution in [3.05, 3.63) is 63.4 Å². The zero-order valence-corrected chi connectivity index (χ0v) is 18.2. The van der Waals surface area contributed by atoms with E-state index in [9.17, 15) is 18.4 Å². The largest absolute Gasteiger partial charge is 0.382 e. The minimum atomic E-state index is -1.05. The smallest absolute Gasteiger partial charge is 0.262 e. The van der Waals surface area contributed by atoms with Crippen molar-refractivity contribution in [1.29, 1.82) is 0 Å². The van der Waals surface area contributed by atoms with Crippen molar-refractivity contribution in [1.82, 2.24) is 9.55 Å². The molecule has 0 spiro atoms. The van der Waals surface area contributed by atoms with E-state index < -0.39 is 17.5 Å². The lowest BCUT2D eigenvalue weighted by atomic mass is 10.2. The zero-order valence-electron chi connectivity index (χ0n) is 16.7. The van der Waals surface area contributed by atoms with Gasteiger partial charge in [-0.25, -0.2) is 13.8 Å². The number of carbonyl (C=O) groups excluding carboxylic acids is 1. The van der Waals surface area contributed by atoms with E-state index in [0.29, 0.717) is 47.3 Å². The lowest BCUT2D eigenvalue weighted by Gasteiger charge is -2.13. The van der Waals surface area contributed by atoms with Crippen LogP contribution in [0.2, 0.25) is 5.02 Å². The van der Waals surface area contributed by atoms with E-state index in [1.165, 1.54) is 10.6 Å². The first kappa shape index (κ1) is 23.2. The number of halogens is 3. The van der Waals surface area contributed by atoms with E-state index in [1.807, 2.05) is 6.92 Å². The molecule has 1 N–H and O–H groups in total. The third-order valence-corrected chi connectivity index (χ3v) is 5.50. The molecule has 0 saturated carbocycles. The molecule has 0 radical (unpaired) electrons. The molecule has 31 heavy (non-hydrogen) atoms.